The van der Waals surface area contributed by atoms with Gasteiger partial charge < -0.3 is 19.5 Å². The van der Waals surface area contributed by atoms with Crippen molar-refractivity contribution in [3.05, 3.63) is 23.8 Å². The normalized spacial score (nSPS) is 12.0. The van der Waals surface area contributed by atoms with E-state index in [2.05, 4.69) is 0 Å². The molecule has 1 aromatic carbocycles. The van der Waals surface area contributed by atoms with Crippen LogP contribution >= 0.6 is 0 Å². The average molecular weight is 267 g/mol. The van der Waals surface area contributed by atoms with Crippen molar-refractivity contribution in [2.24, 2.45) is 0 Å². The molecule has 19 heavy (non-hydrogen) atoms. The van der Waals surface area contributed by atoms with E-state index in [1.165, 1.54) is 0 Å². The number of hydrogen-bond donors (Lipinski definition) is 1. The molecule has 0 aliphatic rings. The van der Waals surface area contributed by atoms with Crippen LogP contribution in [0.1, 0.15) is 24.2 Å². The molecule has 1 rings (SSSR count). The minimum Gasteiger partial charge on any atom is -0.497 e. The van der Waals surface area contributed by atoms with Gasteiger partial charge in [0.1, 0.15) is 5.75 Å². The van der Waals surface area contributed by atoms with Gasteiger partial charge in [0, 0.05) is 25.8 Å². The highest BCUT2D eigenvalue weighted by Gasteiger charge is 2.20. The fraction of sp³-hybridized carbons (Fsp3) is 0.500. The van der Waals surface area contributed by atoms with Crippen LogP contribution in [0.3, 0.4) is 0 Å². The number of hydrogen-bond acceptors (Lipinski definition) is 4. The molecular formula is C14H21NO4. The summed E-state index contributed by atoms with van der Waals surface area (Å²) in [6.07, 6.45) is 0. The van der Waals surface area contributed by atoms with Gasteiger partial charge in [0.05, 0.1) is 25.0 Å². The minimum absolute atomic E-state index is 0.0835. The fourth-order valence-electron chi connectivity index (χ4n) is 2.11. The number of nitrogens with zero attached hydrogens (tertiary/aromatic N) is 1. The largest absolute Gasteiger partial charge is 0.497 e. The molecule has 0 amide bonds. The number of likely N-dealkylation sites (N-methyl/N-ethyl adjacent to an activating group) is 1. The van der Waals surface area contributed by atoms with Gasteiger partial charge in [0.2, 0.25) is 0 Å². The zero-order valence-electron chi connectivity index (χ0n) is 11.8. The van der Waals surface area contributed by atoms with Gasteiger partial charge >= 0.3 is 5.97 Å². The molecule has 106 valence electrons. The van der Waals surface area contributed by atoms with Gasteiger partial charge in [0.25, 0.3) is 0 Å². The molecule has 5 heteroatoms. The van der Waals surface area contributed by atoms with Crippen molar-refractivity contribution in [2.45, 2.75) is 19.9 Å². The van der Waals surface area contributed by atoms with E-state index in [1.54, 1.807) is 32.4 Å². The third-order valence-corrected chi connectivity index (χ3v) is 3.03. The summed E-state index contributed by atoms with van der Waals surface area (Å²) in [4.78, 5) is 13.3. The van der Waals surface area contributed by atoms with Gasteiger partial charge in [-0.3, -0.25) is 0 Å². The summed E-state index contributed by atoms with van der Waals surface area (Å²) in [6.45, 7) is 5.21. The lowest BCUT2D eigenvalue weighted by molar-refractivity contribution is 0.0697. The number of anilines is 1. The second-order valence-corrected chi connectivity index (χ2v) is 4.28. The van der Waals surface area contributed by atoms with Crippen LogP contribution in [0.25, 0.3) is 0 Å². The number of ether oxygens (including phenoxy) is 2. The van der Waals surface area contributed by atoms with Gasteiger partial charge in [-0.2, -0.15) is 0 Å². The van der Waals surface area contributed by atoms with Crippen molar-refractivity contribution in [2.75, 3.05) is 32.3 Å². The van der Waals surface area contributed by atoms with Crippen LogP contribution in [-0.2, 0) is 4.74 Å². The Morgan fingerprint density at radius 1 is 1.42 bits per heavy atom. The third-order valence-electron chi connectivity index (χ3n) is 3.03. The molecule has 0 spiro atoms. The van der Waals surface area contributed by atoms with Crippen molar-refractivity contribution in [1.82, 2.24) is 0 Å². The molecule has 0 saturated heterocycles. The monoisotopic (exact) mass is 267 g/mol. The second-order valence-electron chi connectivity index (χ2n) is 4.28. The van der Waals surface area contributed by atoms with Gasteiger partial charge in [-0.15, -0.1) is 0 Å². The smallest absolute Gasteiger partial charge is 0.337 e. The van der Waals surface area contributed by atoms with Crippen molar-refractivity contribution in [1.29, 1.82) is 0 Å². The Morgan fingerprint density at radius 2 is 2.11 bits per heavy atom. The van der Waals surface area contributed by atoms with Crippen molar-refractivity contribution >= 4 is 11.7 Å². The molecule has 0 fully saturated rings. The molecule has 5 nitrogen and oxygen atoms in total. The molecule has 1 unspecified atom stereocenters. The quantitative estimate of drug-likeness (QED) is 0.821. The van der Waals surface area contributed by atoms with E-state index in [1.807, 2.05) is 18.7 Å². The van der Waals surface area contributed by atoms with Crippen molar-refractivity contribution in [3.8, 4) is 5.75 Å². The first kappa shape index (κ1) is 15.3. The maximum atomic E-state index is 11.3. The van der Waals surface area contributed by atoms with Crippen molar-refractivity contribution in [3.63, 3.8) is 0 Å². The van der Waals surface area contributed by atoms with Crippen LogP contribution in [0.5, 0.6) is 5.75 Å². The van der Waals surface area contributed by atoms with Gasteiger partial charge in [-0.1, -0.05) is 0 Å². The highest BCUT2D eigenvalue weighted by molar-refractivity contribution is 5.95. The topological polar surface area (TPSA) is 59.0 Å². The summed E-state index contributed by atoms with van der Waals surface area (Å²) in [5.41, 5.74) is 0.921. The zero-order chi connectivity index (χ0) is 14.4. The summed E-state index contributed by atoms with van der Waals surface area (Å²) in [5, 5.41) is 9.29. The maximum Gasteiger partial charge on any atom is 0.337 e. The Balaban J connectivity index is 3.22. The highest BCUT2D eigenvalue weighted by Crippen LogP contribution is 2.27. The average Bonchev–Trinajstić information content (AvgIpc) is 2.39. The number of benzene rings is 1. The van der Waals surface area contributed by atoms with E-state index in [-0.39, 0.29) is 11.6 Å². The van der Waals surface area contributed by atoms with Crippen LogP contribution in [0.4, 0.5) is 5.69 Å². The van der Waals surface area contributed by atoms with E-state index in [4.69, 9.17) is 9.47 Å². The summed E-state index contributed by atoms with van der Waals surface area (Å²) < 4.78 is 10.3. The Hall–Kier alpha value is -1.75. The molecule has 0 heterocycles. The molecular weight excluding hydrogens is 246 g/mol. The van der Waals surface area contributed by atoms with E-state index in [9.17, 15) is 9.90 Å². The molecule has 0 bridgehead atoms. The van der Waals surface area contributed by atoms with Crippen molar-refractivity contribution < 1.29 is 19.4 Å². The third kappa shape index (κ3) is 3.61. The summed E-state index contributed by atoms with van der Waals surface area (Å²) in [5.74, 6) is -0.302. The van der Waals surface area contributed by atoms with Gasteiger partial charge in [0.15, 0.2) is 0 Å². The number of carboxylic acids is 1. The first-order valence-corrected chi connectivity index (χ1v) is 6.22. The van der Waals surface area contributed by atoms with Gasteiger partial charge in [-0.25, -0.2) is 4.79 Å². The van der Waals surface area contributed by atoms with Crippen LogP contribution in [0, 0.1) is 0 Å². The molecule has 0 radical (unpaired) electrons. The molecule has 0 saturated carbocycles. The minimum atomic E-state index is -0.944. The number of rotatable bonds is 7. The predicted molar refractivity (Wildman–Crippen MR) is 74.3 cm³/mol. The fourth-order valence-corrected chi connectivity index (χ4v) is 2.11. The molecule has 0 aromatic heterocycles. The van der Waals surface area contributed by atoms with E-state index >= 15 is 0 Å². The Kier molecular flexibility index (Phi) is 5.63. The SMILES string of the molecule is CCN(c1cc(OC)ccc1C(=O)O)C(C)COC. The van der Waals surface area contributed by atoms with E-state index < -0.39 is 5.97 Å². The number of aromatic carboxylic acids is 1. The first-order valence-electron chi connectivity index (χ1n) is 6.22. The van der Waals surface area contributed by atoms with Crippen LogP contribution in [0.15, 0.2) is 18.2 Å². The predicted octanol–water partition coefficient (Wildman–Crippen LogP) is 2.25. The highest BCUT2D eigenvalue weighted by atomic mass is 16.5. The lowest BCUT2D eigenvalue weighted by Gasteiger charge is -2.31. The molecule has 1 aromatic rings. The second kappa shape index (κ2) is 6.99. The standard InChI is InChI=1S/C14H21NO4/c1-5-15(10(2)9-18-3)13-8-11(19-4)6-7-12(13)14(16)17/h6-8,10H,5,9H2,1-4H3,(H,16,17). The lowest BCUT2D eigenvalue weighted by Crippen LogP contribution is -2.37. The van der Waals surface area contributed by atoms with Crippen LogP contribution in [-0.4, -0.2) is 44.5 Å². The maximum absolute atomic E-state index is 11.3. The summed E-state index contributed by atoms with van der Waals surface area (Å²) in [7, 11) is 3.20. The lowest BCUT2D eigenvalue weighted by atomic mass is 10.1. The van der Waals surface area contributed by atoms with E-state index in [0.717, 1.165) is 0 Å². The van der Waals surface area contributed by atoms with E-state index in [0.29, 0.717) is 24.6 Å². The van der Waals surface area contributed by atoms with Gasteiger partial charge in [-0.05, 0) is 26.0 Å². The molecule has 0 aliphatic carbocycles. The van der Waals surface area contributed by atoms with Crippen LogP contribution < -0.4 is 9.64 Å². The first-order chi connectivity index (χ1) is 9.04. The summed E-state index contributed by atoms with van der Waals surface area (Å²) in [6, 6.07) is 5.06. The molecule has 1 N–H and O–H groups in total. The molecule has 1 atom stereocenters. The summed E-state index contributed by atoms with van der Waals surface area (Å²) >= 11 is 0. The Morgan fingerprint density at radius 3 is 2.58 bits per heavy atom. The molecule has 0 aliphatic heterocycles. The number of carbonyl (C=O) groups is 1. The van der Waals surface area contributed by atoms with Crippen LogP contribution in [0.2, 0.25) is 0 Å². The Labute approximate surface area is 113 Å². The number of carboxylic acid groups (broad SMARTS) is 1. The zero-order valence-corrected chi connectivity index (χ0v) is 11.8. The number of methoxy groups -OCH3 is 2. The Bertz CT molecular complexity index is 433.